The summed E-state index contributed by atoms with van der Waals surface area (Å²) in [5.74, 6) is 1.45. The van der Waals surface area contributed by atoms with E-state index in [1.54, 1.807) is 12.1 Å². The van der Waals surface area contributed by atoms with Crippen molar-refractivity contribution >= 4 is 11.8 Å². The third kappa shape index (κ3) is 3.00. The lowest BCUT2D eigenvalue weighted by molar-refractivity contribution is 0.324. The Labute approximate surface area is 126 Å². The summed E-state index contributed by atoms with van der Waals surface area (Å²) in [6.07, 6.45) is 3.28. The molecular formula is C15H16O5S. The number of benzene rings is 1. The van der Waals surface area contributed by atoms with Gasteiger partial charge in [-0.3, -0.25) is 4.79 Å². The van der Waals surface area contributed by atoms with Crippen LogP contribution in [0.4, 0.5) is 0 Å². The van der Waals surface area contributed by atoms with Crippen LogP contribution in [0, 0.1) is 0 Å². The van der Waals surface area contributed by atoms with Crippen molar-refractivity contribution in [2.45, 2.75) is 5.09 Å². The van der Waals surface area contributed by atoms with E-state index >= 15 is 0 Å². The van der Waals surface area contributed by atoms with Crippen LogP contribution in [0.5, 0.6) is 17.2 Å². The molecule has 1 heterocycles. The van der Waals surface area contributed by atoms with Crippen molar-refractivity contribution < 1.29 is 18.6 Å². The Bertz CT molecular complexity index is 668. The molecule has 2 aromatic rings. The zero-order chi connectivity index (χ0) is 15.4. The standard InChI is InChI=1S/C15H16O5S/c1-17-12-5-9(6-13(18-2)15(12)19-3)10-8-20-14(21-4)7-11(10)16/h5-8H,1-4H3. The molecular weight excluding hydrogens is 292 g/mol. The van der Waals surface area contributed by atoms with Gasteiger partial charge in [0.05, 0.1) is 26.9 Å². The predicted molar refractivity (Wildman–Crippen MR) is 81.9 cm³/mol. The highest BCUT2D eigenvalue weighted by molar-refractivity contribution is 7.98. The highest BCUT2D eigenvalue weighted by Gasteiger charge is 2.16. The van der Waals surface area contributed by atoms with Gasteiger partial charge in [-0.15, -0.1) is 0 Å². The highest BCUT2D eigenvalue weighted by Crippen LogP contribution is 2.40. The van der Waals surface area contributed by atoms with E-state index in [1.165, 1.54) is 45.4 Å². The molecule has 1 aromatic carbocycles. The second kappa shape index (κ2) is 6.58. The Kier molecular flexibility index (Phi) is 4.80. The smallest absolute Gasteiger partial charge is 0.203 e. The fourth-order valence-corrected chi connectivity index (χ4v) is 2.32. The number of hydrogen-bond donors (Lipinski definition) is 0. The molecule has 0 fully saturated rings. The van der Waals surface area contributed by atoms with E-state index in [-0.39, 0.29) is 5.43 Å². The van der Waals surface area contributed by atoms with E-state index in [1.807, 2.05) is 6.26 Å². The van der Waals surface area contributed by atoms with E-state index < -0.39 is 0 Å². The lowest BCUT2D eigenvalue weighted by atomic mass is 10.1. The fraction of sp³-hybridized carbons (Fsp3) is 0.267. The van der Waals surface area contributed by atoms with E-state index in [0.29, 0.717) is 33.5 Å². The van der Waals surface area contributed by atoms with Gasteiger partial charge in [0.15, 0.2) is 22.0 Å². The van der Waals surface area contributed by atoms with Gasteiger partial charge in [0.1, 0.15) is 6.26 Å². The Hall–Kier alpha value is -2.08. The van der Waals surface area contributed by atoms with Crippen molar-refractivity contribution in [3.63, 3.8) is 0 Å². The van der Waals surface area contributed by atoms with E-state index in [0.717, 1.165) is 0 Å². The number of rotatable bonds is 5. The minimum Gasteiger partial charge on any atom is -0.493 e. The fourth-order valence-electron chi connectivity index (χ4n) is 1.95. The van der Waals surface area contributed by atoms with Gasteiger partial charge in [-0.1, -0.05) is 11.8 Å². The van der Waals surface area contributed by atoms with Crippen LogP contribution in [0.1, 0.15) is 0 Å². The summed E-state index contributed by atoms with van der Waals surface area (Å²) in [6.45, 7) is 0. The number of hydrogen-bond acceptors (Lipinski definition) is 6. The molecule has 112 valence electrons. The molecule has 0 N–H and O–H groups in total. The SMILES string of the molecule is COc1cc(-c2coc(SC)cc2=O)cc(OC)c1OC. The molecule has 0 aliphatic carbocycles. The van der Waals surface area contributed by atoms with Crippen molar-refractivity contribution in [2.24, 2.45) is 0 Å². The normalized spacial score (nSPS) is 10.3. The maximum Gasteiger partial charge on any atom is 0.203 e. The zero-order valence-electron chi connectivity index (χ0n) is 12.3. The van der Waals surface area contributed by atoms with E-state index in [2.05, 4.69) is 0 Å². The summed E-state index contributed by atoms with van der Waals surface area (Å²) in [4.78, 5) is 12.2. The average Bonchev–Trinajstić information content (AvgIpc) is 2.53. The molecule has 0 unspecified atom stereocenters. The molecule has 5 nitrogen and oxygen atoms in total. The summed E-state index contributed by atoms with van der Waals surface area (Å²) < 4.78 is 21.2. The highest BCUT2D eigenvalue weighted by atomic mass is 32.2. The van der Waals surface area contributed by atoms with Gasteiger partial charge in [-0.05, 0) is 24.0 Å². The molecule has 0 saturated heterocycles. The van der Waals surface area contributed by atoms with Gasteiger partial charge in [-0.2, -0.15) is 0 Å². The second-order valence-electron chi connectivity index (χ2n) is 4.10. The van der Waals surface area contributed by atoms with Crippen LogP contribution in [-0.2, 0) is 0 Å². The van der Waals surface area contributed by atoms with Crippen LogP contribution in [0.3, 0.4) is 0 Å². The lowest BCUT2D eigenvalue weighted by Crippen LogP contribution is -2.04. The Balaban J connectivity index is 2.61. The summed E-state index contributed by atoms with van der Waals surface area (Å²) >= 11 is 1.37. The molecule has 0 saturated carbocycles. The second-order valence-corrected chi connectivity index (χ2v) is 4.91. The maximum absolute atomic E-state index is 12.2. The molecule has 0 radical (unpaired) electrons. The third-order valence-electron chi connectivity index (χ3n) is 2.98. The first kappa shape index (κ1) is 15.3. The van der Waals surface area contributed by atoms with Crippen LogP contribution in [0.25, 0.3) is 11.1 Å². The Morgan fingerprint density at radius 2 is 1.62 bits per heavy atom. The third-order valence-corrected chi connectivity index (χ3v) is 3.60. The molecule has 1 aromatic heterocycles. The number of methoxy groups -OCH3 is 3. The van der Waals surface area contributed by atoms with Crippen LogP contribution >= 0.6 is 11.8 Å². The quantitative estimate of drug-likeness (QED) is 0.791. The van der Waals surface area contributed by atoms with Gasteiger partial charge in [0.25, 0.3) is 0 Å². The first-order chi connectivity index (χ1) is 10.1. The van der Waals surface area contributed by atoms with Gasteiger partial charge in [-0.25, -0.2) is 0 Å². The molecule has 0 amide bonds. The van der Waals surface area contributed by atoms with Gasteiger partial charge < -0.3 is 18.6 Å². The van der Waals surface area contributed by atoms with Crippen LogP contribution in [0.15, 0.2) is 38.8 Å². The van der Waals surface area contributed by atoms with Gasteiger partial charge in [0.2, 0.25) is 5.75 Å². The van der Waals surface area contributed by atoms with Crippen molar-refractivity contribution in [1.82, 2.24) is 0 Å². The molecule has 0 bridgehead atoms. The van der Waals surface area contributed by atoms with E-state index in [4.69, 9.17) is 18.6 Å². The predicted octanol–water partition coefficient (Wildman–Crippen LogP) is 3.05. The topological polar surface area (TPSA) is 57.9 Å². The van der Waals surface area contributed by atoms with Crippen molar-refractivity contribution in [3.8, 4) is 28.4 Å². The van der Waals surface area contributed by atoms with Gasteiger partial charge in [0, 0.05) is 6.07 Å². The molecule has 0 spiro atoms. The number of ether oxygens (including phenoxy) is 3. The summed E-state index contributed by atoms with van der Waals surface area (Å²) in [6, 6.07) is 4.89. The summed E-state index contributed by atoms with van der Waals surface area (Å²) in [7, 11) is 4.59. The van der Waals surface area contributed by atoms with Crippen molar-refractivity contribution in [2.75, 3.05) is 27.6 Å². The molecule has 0 atom stereocenters. The summed E-state index contributed by atoms with van der Waals surface area (Å²) in [5.41, 5.74) is 0.956. The van der Waals surface area contributed by atoms with Crippen LogP contribution < -0.4 is 19.6 Å². The summed E-state index contributed by atoms with van der Waals surface area (Å²) in [5, 5.41) is 0.566. The Morgan fingerprint density at radius 3 is 2.05 bits per heavy atom. The molecule has 0 aliphatic heterocycles. The monoisotopic (exact) mass is 308 g/mol. The average molecular weight is 308 g/mol. The lowest BCUT2D eigenvalue weighted by Gasteiger charge is -2.13. The van der Waals surface area contributed by atoms with Gasteiger partial charge >= 0.3 is 0 Å². The zero-order valence-corrected chi connectivity index (χ0v) is 13.1. The molecule has 0 aliphatic rings. The molecule has 6 heteroatoms. The molecule has 2 rings (SSSR count). The minimum absolute atomic E-state index is 0.125. The van der Waals surface area contributed by atoms with Crippen LogP contribution in [-0.4, -0.2) is 27.6 Å². The molecule has 21 heavy (non-hydrogen) atoms. The van der Waals surface area contributed by atoms with E-state index in [9.17, 15) is 4.79 Å². The largest absolute Gasteiger partial charge is 0.493 e. The Morgan fingerprint density at radius 1 is 1.00 bits per heavy atom. The van der Waals surface area contributed by atoms with Crippen molar-refractivity contribution in [3.05, 3.63) is 34.7 Å². The first-order valence-corrected chi connectivity index (χ1v) is 7.34. The maximum atomic E-state index is 12.2. The van der Waals surface area contributed by atoms with Crippen molar-refractivity contribution in [1.29, 1.82) is 0 Å². The number of thioether (sulfide) groups is 1. The first-order valence-electron chi connectivity index (χ1n) is 6.11. The van der Waals surface area contributed by atoms with Crippen LogP contribution in [0.2, 0.25) is 0 Å². The minimum atomic E-state index is -0.125.